The van der Waals surface area contributed by atoms with Gasteiger partial charge in [0.1, 0.15) is 5.21 Å². The highest BCUT2D eigenvalue weighted by molar-refractivity contribution is 7.90. The largest absolute Gasteiger partial charge is 0.228 e. The van der Waals surface area contributed by atoms with Crippen molar-refractivity contribution in [2.45, 2.75) is 38.6 Å². The predicted octanol–water partition coefficient (Wildman–Crippen LogP) is 2.02. The van der Waals surface area contributed by atoms with Gasteiger partial charge in [-0.1, -0.05) is 6.92 Å². The maximum absolute atomic E-state index is 11.5. The molecule has 1 rings (SSSR count). The quantitative estimate of drug-likeness (QED) is 0.707. The van der Waals surface area contributed by atoms with E-state index in [4.69, 9.17) is 11.6 Å². The Morgan fingerprint density at radius 3 is 2.21 bits per heavy atom. The SMILES string of the molecule is CC1CCC(N(C)S(=O)(=O)CCl)CC1. The van der Waals surface area contributed by atoms with Crippen LogP contribution in [0.3, 0.4) is 0 Å². The van der Waals surface area contributed by atoms with Gasteiger partial charge in [-0.2, -0.15) is 0 Å². The van der Waals surface area contributed by atoms with E-state index in [2.05, 4.69) is 6.92 Å². The molecule has 84 valence electrons. The molecular weight excluding hydrogens is 222 g/mol. The molecule has 1 saturated carbocycles. The summed E-state index contributed by atoms with van der Waals surface area (Å²) in [6.45, 7) is 2.21. The Balaban J connectivity index is 2.58. The van der Waals surface area contributed by atoms with Gasteiger partial charge in [-0.25, -0.2) is 12.7 Å². The summed E-state index contributed by atoms with van der Waals surface area (Å²) in [7, 11) is -1.58. The lowest BCUT2D eigenvalue weighted by Crippen LogP contribution is -2.39. The zero-order chi connectivity index (χ0) is 10.8. The molecular formula is C9H18ClNO2S. The second-order valence-corrected chi connectivity index (χ2v) is 6.76. The Hall–Kier alpha value is 0.200. The Morgan fingerprint density at radius 2 is 1.79 bits per heavy atom. The fourth-order valence-corrected chi connectivity index (χ4v) is 3.19. The lowest BCUT2D eigenvalue weighted by molar-refractivity contribution is 0.247. The number of halogens is 1. The zero-order valence-corrected chi connectivity index (χ0v) is 10.3. The van der Waals surface area contributed by atoms with Crippen LogP contribution in [-0.2, 0) is 10.0 Å². The van der Waals surface area contributed by atoms with Gasteiger partial charge in [0, 0.05) is 13.1 Å². The molecule has 5 heteroatoms. The van der Waals surface area contributed by atoms with E-state index in [1.54, 1.807) is 7.05 Å². The average Bonchev–Trinajstić information content (AvgIpc) is 2.18. The van der Waals surface area contributed by atoms with Crippen molar-refractivity contribution in [3.8, 4) is 0 Å². The van der Waals surface area contributed by atoms with E-state index in [1.807, 2.05) is 0 Å². The van der Waals surface area contributed by atoms with Gasteiger partial charge in [0.05, 0.1) is 0 Å². The van der Waals surface area contributed by atoms with E-state index in [1.165, 1.54) is 4.31 Å². The molecule has 0 heterocycles. The van der Waals surface area contributed by atoms with E-state index in [9.17, 15) is 8.42 Å². The summed E-state index contributed by atoms with van der Waals surface area (Å²) in [6.07, 6.45) is 4.17. The third kappa shape index (κ3) is 2.84. The molecule has 0 radical (unpaired) electrons. The molecule has 0 bridgehead atoms. The molecule has 0 aromatic heterocycles. The topological polar surface area (TPSA) is 37.4 Å². The number of sulfonamides is 1. The highest BCUT2D eigenvalue weighted by atomic mass is 35.5. The third-order valence-corrected chi connectivity index (χ3v) is 5.35. The zero-order valence-electron chi connectivity index (χ0n) is 8.74. The van der Waals surface area contributed by atoms with Crippen LogP contribution in [0.25, 0.3) is 0 Å². The van der Waals surface area contributed by atoms with Crippen molar-refractivity contribution in [1.29, 1.82) is 0 Å². The van der Waals surface area contributed by atoms with Crippen LogP contribution in [0.2, 0.25) is 0 Å². The Labute approximate surface area is 91.5 Å². The fraction of sp³-hybridized carbons (Fsp3) is 1.00. The summed E-state index contributed by atoms with van der Waals surface area (Å²) in [6, 6.07) is 0.162. The Kier molecular flexibility index (Phi) is 4.22. The summed E-state index contributed by atoms with van der Waals surface area (Å²) < 4.78 is 24.4. The number of nitrogens with zero attached hydrogens (tertiary/aromatic N) is 1. The lowest BCUT2D eigenvalue weighted by Gasteiger charge is -2.32. The van der Waals surface area contributed by atoms with Gasteiger partial charge in [-0.15, -0.1) is 11.6 Å². The summed E-state index contributed by atoms with van der Waals surface area (Å²) >= 11 is 5.41. The molecule has 1 aliphatic rings. The van der Waals surface area contributed by atoms with Crippen molar-refractivity contribution in [2.75, 3.05) is 12.3 Å². The van der Waals surface area contributed by atoms with Gasteiger partial charge in [-0.05, 0) is 31.6 Å². The summed E-state index contributed by atoms with van der Waals surface area (Å²) in [5, 5.41) is -0.310. The molecule has 0 N–H and O–H groups in total. The molecule has 0 spiro atoms. The molecule has 0 amide bonds. The van der Waals surface area contributed by atoms with E-state index in [0.29, 0.717) is 0 Å². The minimum absolute atomic E-state index is 0.162. The molecule has 0 saturated heterocycles. The lowest BCUT2D eigenvalue weighted by atomic mass is 9.87. The molecule has 0 atom stereocenters. The van der Waals surface area contributed by atoms with Gasteiger partial charge in [0.15, 0.2) is 0 Å². The molecule has 1 aliphatic carbocycles. The minimum atomic E-state index is -3.22. The highest BCUT2D eigenvalue weighted by Gasteiger charge is 2.28. The highest BCUT2D eigenvalue weighted by Crippen LogP contribution is 2.27. The third-order valence-electron chi connectivity index (χ3n) is 3.08. The van der Waals surface area contributed by atoms with Gasteiger partial charge >= 0.3 is 0 Å². The Morgan fingerprint density at radius 1 is 1.29 bits per heavy atom. The number of hydrogen-bond acceptors (Lipinski definition) is 2. The maximum Gasteiger partial charge on any atom is 0.228 e. The predicted molar refractivity (Wildman–Crippen MR) is 58.8 cm³/mol. The van der Waals surface area contributed by atoms with Crippen LogP contribution in [0.15, 0.2) is 0 Å². The van der Waals surface area contributed by atoms with Crippen LogP contribution in [0.1, 0.15) is 32.6 Å². The second kappa shape index (κ2) is 4.81. The summed E-state index contributed by atoms with van der Waals surface area (Å²) in [5.41, 5.74) is 0. The maximum atomic E-state index is 11.5. The average molecular weight is 240 g/mol. The van der Waals surface area contributed by atoms with Gasteiger partial charge < -0.3 is 0 Å². The molecule has 3 nitrogen and oxygen atoms in total. The van der Waals surface area contributed by atoms with Crippen LogP contribution < -0.4 is 0 Å². The van der Waals surface area contributed by atoms with Crippen molar-refractivity contribution >= 4 is 21.6 Å². The first-order valence-corrected chi connectivity index (χ1v) is 7.13. The first-order chi connectivity index (χ1) is 6.47. The first-order valence-electron chi connectivity index (χ1n) is 4.99. The molecule has 1 fully saturated rings. The van der Waals surface area contributed by atoms with Crippen LogP contribution in [-0.4, -0.2) is 31.0 Å². The number of alkyl halides is 1. The van der Waals surface area contributed by atoms with Crippen molar-refractivity contribution in [3.05, 3.63) is 0 Å². The number of rotatable bonds is 3. The van der Waals surface area contributed by atoms with E-state index in [0.717, 1.165) is 31.6 Å². The van der Waals surface area contributed by atoms with E-state index >= 15 is 0 Å². The van der Waals surface area contributed by atoms with Gasteiger partial charge in [0.25, 0.3) is 0 Å². The molecule has 0 aliphatic heterocycles. The standard InChI is InChI=1S/C9H18ClNO2S/c1-8-3-5-9(6-4-8)11(2)14(12,13)7-10/h8-9H,3-7H2,1-2H3. The van der Waals surface area contributed by atoms with E-state index in [-0.39, 0.29) is 11.3 Å². The normalized spacial score (nSPS) is 29.4. The van der Waals surface area contributed by atoms with Crippen molar-refractivity contribution in [3.63, 3.8) is 0 Å². The molecule has 0 aromatic carbocycles. The Bertz CT molecular complexity index is 271. The van der Waals surface area contributed by atoms with Crippen LogP contribution >= 0.6 is 11.6 Å². The fourth-order valence-electron chi connectivity index (χ4n) is 1.91. The molecule has 0 unspecified atom stereocenters. The number of hydrogen-bond donors (Lipinski definition) is 0. The smallest absolute Gasteiger partial charge is 0.211 e. The van der Waals surface area contributed by atoms with Crippen LogP contribution in [0, 0.1) is 5.92 Å². The van der Waals surface area contributed by atoms with Crippen LogP contribution in [0.4, 0.5) is 0 Å². The molecule has 0 aromatic rings. The van der Waals surface area contributed by atoms with Gasteiger partial charge in [0.2, 0.25) is 10.0 Å². The van der Waals surface area contributed by atoms with Gasteiger partial charge in [-0.3, -0.25) is 0 Å². The second-order valence-electron chi connectivity index (χ2n) is 4.15. The summed E-state index contributed by atoms with van der Waals surface area (Å²) in [4.78, 5) is 0. The monoisotopic (exact) mass is 239 g/mol. The molecule has 14 heavy (non-hydrogen) atoms. The van der Waals surface area contributed by atoms with Crippen LogP contribution in [0.5, 0.6) is 0 Å². The van der Waals surface area contributed by atoms with Crippen molar-refractivity contribution in [1.82, 2.24) is 4.31 Å². The van der Waals surface area contributed by atoms with E-state index < -0.39 is 10.0 Å². The first kappa shape index (κ1) is 12.3. The minimum Gasteiger partial charge on any atom is -0.211 e. The van der Waals surface area contributed by atoms with Crippen molar-refractivity contribution < 1.29 is 8.42 Å². The van der Waals surface area contributed by atoms with Crippen molar-refractivity contribution in [2.24, 2.45) is 5.92 Å². The summed E-state index contributed by atoms with van der Waals surface area (Å²) in [5.74, 6) is 0.735.